The van der Waals surface area contributed by atoms with Gasteiger partial charge in [0.2, 0.25) is 5.16 Å². The number of nitrogens with zero attached hydrogens (tertiary/aromatic N) is 4. The summed E-state index contributed by atoms with van der Waals surface area (Å²) in [6.07, 6.45) is 0.967. The van der Waals surface area contributed by atoms with Gasteiger partial charge >= 0.3 is 0 Å². The molecule has 0 fully saturated rings. The van der Waals surface area contributed by atoms with Crippen LogP contribution in [0.2, 0.25) is 0 Å². The van der Waals surface area contributed by atoms with Gasteiger partial charge in [0.25, 0.3) is 0 Å². The summed E-state index contributed by atoms with van der Waals surface area (Å²) in [5, 5.41) is 12.4. The first kappa shape index (κ1) is 16.4. The molecule has 0 spiro atoms. The number of carbonyl (C=O) groups excluding carboxylic acids is 1. The van der Waals surface area contributed by atoms with Crippen molar-refractivity contribution < 1.29 is 4.79 Å². The number of benzene rings is 2. The number of thioether (sulfide) groups is 1. The van der Waals surface area contributed by atoms with E-state index in [1.807, 2.05) is 55.5 Å². The van der Waals surface area contributed by atoms with Gasteiger partial charge in [-0.15, -0.1) is 5.10 Å². The van der Waals surface area contributed by atoms with Crippen LogP contribution in [0.15, 0.2) is 53.7 Å². The fourth-order valence-corrected chi connectivity index (χ4v) is 3.12. The Morgan fingerprint density at radius 1 is 1.17 bits per heavy atom. The summed E-state index contributed by atoms with van der Waals surface area (Å²) in [6.45, 7) is 4.11. The molecule has 0 atom stereocenters. The number of tetrazole rings is 1. The number of aryl methyl sites for hydroxylation is 2. The number of ketones is 1. The van der Waals surface area contributed by atoms with Crippen LogP contribution in [0.3, 0.4) is 0 Å². The lowest BCUT2D eigenvalue weighted by Crippen LogP contribution is -2.05. The lowest BCUT2D eigenvalue weighted by molar-refractivity contribution is 0.102. The molecule has 5 nitrogen and oxygen atoms in total. The summed E-state index contributed by atoms with van der Waals surface area (Å²) < 4.78 is 1.66. The minimum Gasteiger partial charge on any atom is -0.293 e. The van der Waals surface area contributed by atoms with Gasteiger partial charge in [-0.25, -0.2) is 0 Å². The van der Waals surface area contributed by atoms with Crippen molar-refractivity contribution in [3.05, 3.63) is 65.2 Å². The SMILES string of the molecule is CCc1ccc(C(=O)CSc2nnnn2-c2cccc(C)c2)cc1. The molecule has 6 heteroatoms. The second-order valence-electron chi connectivity index (χ2n) is 5.47. The number of Topliss-reactive ketones (excluding diaryl/α,β-unsaturated/α-hetero) is 1. The van der Waals surface area contributed by atoms with E-state index in [2.05, 4.69) is 22.4 Å². The topological polar surface area (TPSA) is 60.7 Å². The number of hydrogen-bond donors (Lipinski definition) is 0. The van der Waals surface area contributed by atoms with Crippen LogP contribution >= 0.6 is 11.8 Å². The van der Waals surface area contributed by atoms with Crippen LogP contribution < -0.4 is 0 Å². The number of aromatic nitrogens is 4. The summed E-state index contributed by atoms with van der Waals surface area (Å²) in [6, 6.07) is 15.7. The molecule has 3 rings (SSSR count). The molecule has 1 aromatic heterocycles. The van der Waals surface area contributed by atoms with Gasteiger partial charge in [0, 0.05) is 5.56 Å². The summed E-state index contributed by atoms with van der Waals surface area (Å²) in [4.78, 5) is 12.3. The lowest BCUT2D eigenvalue weighted by atomic mass is 10.1. The Morgan fingerprint density at radius 3 is 2.67 bits per heavy atom. The van der Waals surface area contributed by atoms with Gasteiger partial charge in [0.15, 0.2) is 5.78 Å². The molecule has 0 radical (unpaired) electrons. The molecule has 0 saturated carbocycles. The molecule has 1 heterocycles. The number of hydrogen-bond acceptors (Lipinski definition) is 5. The zero-order valence-corrected chi connectivity index (χ0v) is 14.5. The van der Waals surface area contributed by atoms with Crippen molar-refractivity contribution in [1.82, 2.24) is 20.2 Å². The molecule has 0 unspecified atom stereocenters. The highest BCUT2D eigenvalue weighted by Gasteiger charge is 2.13. The molecule has 0 aliphatic heterocycles. The lowest BCUT2D eigenvalue weighted by Gasteiger charge is -2.05. The molecule has 24 heavy (non-hydrogen) atoms. The van der Waals surface area contributed by atoms with E-state index in [1.165, 1.54) is 17.3 Å². The van der Waals surface area contributed by atoms with E-state index < -0.39 is 0 Å². The maximum atomic E-state index is 12.3. The van der Waals surface area contributed by atoms with Gasteiger partial charge in [-0.2, -0.15) is 4.68 Å². The van der Waals surface area contributed by atoms with Crippen molar-refractivity contribution >= 4 is 17.5 Å². The molecule has 0 saturated heterocycles. The van der Waals surface area contributed by atoms with E-state index in [4.69, 9.17) is 0 Å². The van der Waals surface area contributed by atoms with Gasteiger partial charge in [0.1, 0.15) is 0 Å². The average molecular weight is 338 g/mol. The minimum absolute atomic E-state index is 0.0708. The van der Waals surface area contributed by atoms with Crippen LogP contribution in [0.25, 0.3) is 5.69 Å². The summed E-state index contributed by atoms with van der Waals surface area (Å²) in [7, 11) is 0. The Labute approximate surface area is 145 Å². The summed E-state index contributed by atoms with van der Waals surface area (Å²) >= 11 is 1.34. The Morgan fingerprint density at radius 2 is 1.96 bits per heavy atom. The third kappa shape index (κ3) is 3.71. The van der Waals surface area contributed by atoms with Crippen molar-refractivity contribution in [2.24, 2.45) is 0 Å². The monoisotopic (exact) mass is 338 g/mol. The summed E-state index contributed by atoms with van der Waals surface area (Å²) in [5.41, 5.74) is 3.96. The van der Waals surface area contributed by atoms with Crippen LogP contribution in [-0.4, -0.2) is 31.7 Å². The molecule has 0 bridgehead atoms. The molecule has 3 aromatic rings. The molecule has 0 amide bonds. The van der Waals surface area contributed by atoms with Crippen LogP contribution in [0.5, 0.6) is 0 Å². The van der Waals surface area contributed by atoms with Crippen molar-refractivity contribution in [3.63, 3.8) is 0 Å². The first-order valence-corrected chi connectivity index (χ1v) is 8.76. The fourth-order valence-electron chi connectivity index (χ4n) is 2.33. The summed E-state index contributed by atoms with van der Waals surface area (Å²) in [5.74, 6) is 0.374. The third-order valence-corrected chi connectivity index (χ3v) is 4.62. The minimum atomic E-state index is 0.0708. The van der Waals surface area contributed by atoms with Gasteiger partial charge in [-0.3, -0.25) is 4.79 Å². The van der Waals surface area contributed by atoms with Crippen LogP contribution in [0, 0.1) is 6.92 Å². The highest BCUT2D eigenvalue weighted by atomic mass is 32.2. The highest BCUT2D eigenvalue weighted by molar-refractivity contribution is 7.99. The van der Waals surface area contributed by atoms with E-state index in [9.17, 15) is 4.79 Å². The molecule has 0 N–H and O–H groups in total. The van der Waals surface area contributed by atoms with Gasteiger partial charge in [0.05, 0.1) is 11.4 Å². The van der Waals surface area contributed by atoms with Gasteiger partial charge in [-0.1, -0.05) is 55.1 Å². The van der Waals surface area contributed by atoms with E-state index in [0.29, 0.717) is 16.5 Å². The maximum Gasteiger partial charge on any atom is 0.214 e. The molecule has 0 aliphatic carbocycles. The van der Waals surface area contributed by atoms with E-state index in [1.54, 1.807) is 4.68 Å². The van der Waals surface area contributed by atoms with E-state index in [0.717, 1.165) is 17.7 Å². The molecule has 2 aromatic carbocycles. The molecular weight excluding hydrogens is 320 g/mol. The fraction of sp³-hybridized carbons (Fsp3) is 0.222. The molecular formula is C18H18N4OS. The van der Waals surface area contributed by atoms with E-state index >= 15 is 0 Å². The average Bonchev–Trinajstić information content (AvgIpc) is 3.08. The van der Waals surface area contributed by atoms with Crippen molar-refractivity contribution in [3.8, 4) is 5.69 Å². The largest absolute Gasteiger partial charge is 0.293 e. The zero-order valence-electron chi connectivity index (χ0n) is 13.6. The van der Waals surface area contributed by atoms with Crippen LogP contribution in [-0.2, 0) is 6.42 Å². The Hall–Kier alpha value is -2.47. The quantitative estimate of drug-likeness (QED) is 0.508. The van der Waals surface area contributed by atoms with Gasteiger partial charge < -0.3 is 0 Å². The van der Waals surface area contributed by atoms with Gasteiger partial charge in [-0.05, 0) is 47.0 Å². The highest BCUT2D eigenvalue weighted by Crippen LogP contribution is 2.20. The first-order chi connectivity index (χ1) is 11.7. The van der Waals surface area contributed by atoms with Crippen molar-refractivity contribution in [1.29, 1.82) is 0 Å². The van der Waals surface area contributed by atoms with Crippen molar-refractivity contribution in [2.75, 3.05) is 5.75 Å². The van der Waals surface area contributed by atoms with Crippen LogP contribution in [0.1, 0.15) is 28.4 Å². The Bertz CT molecular complexity index is 842. The van der Waals surface area contributed by atoms with E-state index in [-0.39, 0.29) is 5.78 Å². The Balaban J connectivity index is 1.71. The predicted molar refractivity (Wildman–Crippen MR) is 94.8 cm³/mol. The normalized spacial score (nSPS) is 10.8. The molecule has 122 valence electrons. The predicted octanol–water partition coefficient (Wildman–Crippen LogP) is 3.51. The first-order valence-electron chi connectivity index (χ1n) is 7.77. The standard InChI is InChI=1S/C18H18N4OS/c1-3-14-7-9-15(10-8-14)17(23)12-24-18-19-20-21-22(18)16-6-4-5-13(2)11-16/h4-11H,3,12H2,1-2H3. The Kier molecular flexibility index (Phi) is 5.05. The smallest absolute Gasteiger partial charge is 0.214 e. The van der Waals surface area contributed by atoms with Crippen molar-refractivity contribution in [2.45, 2.75) is 25.4 Å². The molecule has 0 aliphatic rings. The number of carbonyl (C=O) groups is 1. The zero-order chi connectivity index (χ0) is 16.9. The van der Waals surface area contributed by atoms with Crippen LogP contribution in [0.4, 0.5) is 0 Å². The maximum absolute atomic E-state index is 12.3. The third-order valence-electron chi connectivity index (χ3n) is 3.70. The second kappa shape index (κ2) is 7.40. The number of rotatable bonds is 6. The second-order valence-corrected chi connectivity index (χ2v) is 6.42.